The van der Waals surface area contributed by atoms with Crippen LogP contribution in [-0.2, 0) is 6.42 Å². The number of nitrogens with one attached hydrogen (secondary N) is 1. The van der Waals surface area contributed by atoms with Gasteiger partial charge in [0.2, 0.25) is 0 Å². The highest BCUT2D eigenvalue weighted by Gasteiger charge is 2.26. The highest BCUT2D eigenvalue weighted by Crippen LogP contribution is 2.32. The van der Waals surface area contributed by atoms with Gasteiger partial charge in [-0.15, -0.1) is 0 Å². The summed E-state index contributed by atoms with van der Waals surface area (Å²) in [7, 11) is 0. The second-order valence-electron chi connectivity index (χ2n) is 6.19. The van der Waals surface area contributed by atoms with Crippen molar-refractivity contribution in [2.45, 2.75) is 18.9 Å². The van der Waals surface area contributed by atoms with Gasteiger partial charge in [0.1, 0.15) is 0 Å². The van der Waals surface area contributed by atoms with Crippen molar-refractivity contribution in [3.63, 3.8) is 0 Å². The van der Waals surface area contributed by atoms with E-state index >= 15 is 0 Å². The van der Waals surface area contributed by atoms with E-state index < -0.39 is 5.97 Å². The van der Waals surface area contributed by atoms with E-state index in [0.717, 1.165) is 34.7 Å². The normalized spacial score (nSPS) is 15.8. The summed E-state index contributed by atoms with van der Waals surface area (Å²) in [5.74, 6) is -1.15. The third-order valence-electron chi connectivity index (χ3n) is 4.69. The number of fused-ring (bicyclic) bond motifs is 2. The Hall–Kier alpha value is -3.21. The molecule has 1 aromatic heterocycles. The number of carboxylic acids is 1. The standard InChI is InChI=1S/C20H16N2O3/c23-19(17-11-21-10-14-3-1-2-4-15(14)17)22-18-8-7-12-5-6-13(20(24)25)9-16(12)18/h1-6,9-11,18H,7-8H2,(H,22,23)(H,24,25)/t18-/m1/s1. The van der Waals surface area contributed by atoms with Crippen LogP contribution in [0.5, 0.6) is 0 Å². The zero-order valence-electron chi connectivity index (χ0n) is 13.4. The molecule has 4 rings (SSSR count). The van der Waals surface area contributed by atoms with Crippen molar-refractivity contribution in [3.05, 3.63) is 77.1 Å². The Balaban J connectivity index is 1.65. The summed E-state index contributed by atoms with van der Waals surface area (Å²) in [6.07, 6.45) is 4.90. The minimum atomic E-state index is -0.960. The Kier molecular flexibility index (Phi) is 3.69. The van der Waals surface area contributed by atoms with Gasteiger partial charge in [0.15, 0.2) is 0 Å². The van der Waals surface area contributed by atoms with Crippen molar-refractivity contribution >= 4 is 22.6 Å². The Bertz CT molecular complexity index is 992. The molecule has 2 N–H and O–H groups in total. The molecule has 124 valence electrons. The molecule has 0 saturated heterocycles. The smallest absolute Gasteiger partial charge is 0.335 e. The Morgan fingerprint density at radius 2 is 1.96 bits per heavy atom. The van der Waals surface area contributed by atoms with E-state index in [-0.39, 0.29) is 17.5 Å². The third-order valence-corrected chi connectivity index (χ3v) is 4.69. The minimum absolute atomic E-state index is 0.180. The number of hydrogen-bond donors (Lipinski definition) is 2. The number of carboxylic acid groups (broad SMARTS) is 1. The Morgan fingerprint density at radius 3 is 2.80 bits per heavy atom. The molecule has 3 aromatic rings. The average Bonchev–Trinajstić information content (AvgIpc) is 3.03. The van der Waals surface area contributed by atoms with Gasteiger partial charge < -0.3 is 10.4 Å². The second-order valence-corrected chi connectivity index (χ2v) is 6.19. The summed E-state index contributed by atoms with van der Waals surface area (Å²) < 4.78 is 0. The largest absolute Gasteiger partial charge is 0.478 e. The van der Waals surface area contributed by atoms with Crippen LogP contribution in [0.15, 0.2) is 54.9 Å². The lowest BCUT2D eigenvalue weighted by molar-refractivity contribution is 0.0696. The number of hydrogen-bond acceptors (Lipinski definition) is 3. The first-order valence-electron chi connectivity index (χ1n) is 8.13. The fraction of sp³-hybridized carbons (Fsp3) is 0.150. The molecule has 5 heteroatoms. The lowest BCUT2D eigenvalue weighted by Gasteiger charge is -2.15. The van der Waals surface area contributed by atoms with Gasteiger partial charge in [-0.2, -0.15) is 0 Å². The summed E-state index contributed by atoms with van der Waals surface area (Å²) in [5, 5.41) is 14.0. The summed E-state index contributed by atoms with van der Waals surface area (Å²) in [6, 6.07) is 12.6. The number of nitrogens with zero attached hydrogens (tertiary/aromatic N) is 1. The molecule has 5 nitrogen and oxygen atoms in total. The molecule has 1 heterocycles. The van der Waals surface area contributed by atoms with Crippen LogP contribution in [0.3, 0.4) is 0 Å². The van der Waals surface area contributed by atoms with Gasteiger partial charge in [0, 0.05) is 17.8 Å². The molecule has 2 aromatic carbocycles. The van der Waals surface area contributed by atoms with Crippen molar-refractivity contribution in [1.29, 1.82) is 0 Å². The van der Waals surface area contributed by atoms with Gasteiger partial charge in [-0.3, -0.25) is 9.78 Å². The topological polar surface area (TPSA) is 79.3 Å². The maximum Gasteiger partial charge on any atom is 0.335 e. The molecule has 0 bridgehead atoms. The number of benzene rings is 2. The van der Waals surface area contributed by atoms with E-state index in [4.69, 9.17) is 0 Å². The Morgan fingerprint density at radius 1 is 1.12 bits per heavy atom. The van der Waals surface area contributed by atoms with Crippen LogP contribution in [0.25, 0.3) is 10.8 Å². The maximum atomic E-state index is 12.8. The van der Waals surface area contributed by atoms with Gasteiger partial charge in [-0.05, 0) is 41.5 Å². The van der Waals surface area contributed by atoms with Gasteiger partial charge >= 0.3 is 5.97 Å². The van der Waals surface area contributed by atoms with Crippen LogP contribution >= 0.6 is 0 Å². The molecule has 1 aliphatic rings. The number of carbonyl (C=O) groups is 2. The molecule has 1 aliphatic carbocycles. The van der Waals surface area contributed by atoms with E-state index in [1.807, 2.05) is 30.3 Å². The maximum absolute atomic E-state index is 12.8. The summed E-state index contributed by atoms with van der Waals surface area (Å²) in [5.41, 5.74) is 2.75. The number of amides is 1. The van der Waals surface area contributed by atoms with Crippen LogP contribution in [0.2, 0.25) is 0 Å². The van der Waals surface area contributed by atoms with Crippen molar-refractivity contribution < 1.29 is 14.7 Å². The highest BCUT2D eigenvalue weighted by molar-refractivity contribution is 6.06. The second kappa shape index (κ2) is 6.02. The zero-order chi connectivity index (χ0) is 17.4. The first-order valence-corrected chi connectivity index (χ1v) is 8.13. The van der Waals surface area contributed by atoms with Crippen LogP contribution in [0.4, 0.5) is 0 Å². The number of carbonyl (C=O) groups excluding carboxylic acids is 1. The summed E-state index contributed by atoms with van der Waals surface area (Å²) in [6.45, 7) is 0. The van der Waals surface area contributed by atoms with Crippen LogP contribution < -0.4 is 5.32 Å². The summed E-state index contributed by atoms with van der Waals surface area (Å²) >= 11 is 0. The SMILES string of the molecule is O=C(O)c1ccc2c(c1)[C@H](NC(=O)c1cncc3ccccc13)CC2. The van der Waals surface area contributed by atoms with E-state index in [9.17, 15) is 14.7 Å². The average molecular weight is 332 g/mol. The van der Waals surface area contributed by atoms with Gasteiger partial charge in [0.05, 0.1) is 17.2 Å². The molecule has 1 atom stereocenters. The number of pyridine rings is 1. The lowest BCUT2D eigenvalue weighted by Crippen LogP contribution is -2.27. The van der Waals surface area contributed by atoms with Crippen LogP contribution in [0, 0.1) is 0 Å². The van der Waals surface area contributed by atoms with Gasteiger partial charge in [-0.1, -0.05) is 30.3 Å². The molecule has 0 aliphatic heterocycles. The highest BCUT2D eigenvalue weighted by atomic mass is 16.4. The van der Waals surface area contributed by atoms with Crippen molar-refractivity contribution in [2.75, 3.05) is 0 Å². The lowest BCUT2D eigenvalue weighted by atomic mass is 10.0. The van der Waals surface area contributed by atoms with E-state index in [1.165, 1.54) is 0 Å². The van der Waals surface area contributed by atoms with E-state index in [0.29, 0.717) is 5.56 Å². The fourth-order valence-corrected chi connectivity index (χ4v) is 3.42. The number of aryl methyl sites for hydroxylation is 1. The number of aromatic carboxylic acids is 1. The number of rotatable bonds is 3. The van der Waals surface area contributed by atoms with Crippen molar-refractivity contribution in [1.82, 2.24) is 10.3 Å². The molecule has 0 unspecified atom stereocenters. The first-order chi connectivity index (χ1) is 12.1. The molecule has 0 fully saturated rings. The minimum Gasteiger partial charge on any atom is -0.478 e. The molecular weight excluding hydrogens is 316 g/mol. The molecule has 0 spiro atoms. The third kappa shape index (κ3) is 2.74. The molecular formula is C20H16N2O3. The van der Waals surface area contributed by atoms with E-state index in [1.54, 1.807) is 24.5 Å². The molecule has 0 radical (unpaired) electrons. The molecule has 0 saturated carbocycles. The van der Waals surface area contributed by atoms with Crippen molar-refractivity contribution in [2.24, 2.45) is 0 Å². The zero-order valence-corrected chi connectivity index (χ0v) is 13.4. The van der Waals surface area contributed by atoms with Crippen molar-refractivity contribution in [3.8, 4) is 0 Å². The van der Waals surface area contributed by atoms with Crippen LogP contribution in [-0.4, -0.2) is 22.0 Å². The quantitative estimate of drug-likeness (QED) is 0.771. The monoisotopic (exact) mass is 332 g/mol. The van der Waals surface area contributed by atoms with Crippen LogP contribution in [0.1, 0.15) is 44.3 Å². The molecule has 1 amide bonds. The van der Waals surface area contributed by atoms with E-state index in [2.05, 4.69) is 10.3 Å². The first kappa shape index (κ1) is 15.3. The van der Waals surface area contributed by atoms with Gasteiger partial charge in [-0.25, -0.2) is 4.79 Å². The Labute approximate surface area is 144 Å². The summed E-state index contributed by atoms with van der Waals surface area (Å²) in [4.78, 5) is 28.1. The number of aromatic nitrogens is 1. The van der Waals surface area contributed by atoms with Gasteiger partial charge in [0.25, 0.3) is 5.91 Å². The molecule has 25 heavy (non-hydrogen) atoms. The fourth-order valence-electron chi connectivity index (χ4n) is 3.42. The predicted octanol–water partition coefficient (Wildman–Crippen LogP) is 3.35. The predicted molar refractivity (Wildman–Crippen MR) is 93.7 cm³/mol.